The zero-order valence-corrected chi connectivity index (χ0v) is 20.6. The summed E-state index contributed by atoms with van der Waals surface area (Å²) in [6.45, 7) is 1.66. The molecule has 0 aliphatic carbocycles. The summed E-state index contributed by atoms with van der Waals surface area (Å²) in [5, 5.41) is 27.7. The number of carboxylic acid groups (broad SMARTS) is 1. The third-order valence-electron chi connectivity index (χ3n) is 5.92. The largest absolute Gasteiger partial charge is 0.492 e. The van der Waals surface area contributed by atoms with Crippen LogP contribution in [0.25, 0.3) is 11.1 Å². The summed E-state index contributed by atoms with van der Waals surface area (Å²) in [6, 6.07) is 21.2. The summed E-state index contributed by atoms with van der Waals surface area (Å²) >= 11 is 6.12. The lowest BCUT2D eigenvalue weighted by Crippen LogP contribution is -2.32. The van der Waals surface area contributed by atoms with Crippen molar-refractivity contribution in [1.29, 1.82) is 0 Å². The predicted molar refractivity (Wildman–Crippen MR) is 142 cm³/mol. The van der Waals surface area contributed by atoms with Gasteiger partial charge in [-0.2, -0.15) is 0 Å². The molecule has 4 aromatic rings. The second-order valence-electron chi connectivity index (χ2n) is 8.52. The first-order valence-electron chi connectivity index (χ1n) is 11.5. The van der Waals surface area contributed by atoms with Crippen LogP contribution in [-0.4, -0.2) is 38.3 Å². The first kappa shape index (κ1) is 25.7. The van der Waals surface area contributed by atoms with Gasteiger partial charge < -0.3 is 15.5 Å². The maximum absolute atomic E-state index is 13.3. The molecule has 0 amide bonds. The Kier molecular flexibility index (Phi) is 7.69. The normalized spacial score (nSPS) is 11.6. The molecule has 0 saturated carbocycles. The van der Waals surface area contributed by atoms with Crippen molar-refractivity contribution in [2.45, 2.75) is 19.4 Å². The minimum absolute atomic E-state index is 0.115. The van der Waals surface area contributed by atoms with Crippen molar-refractivity contribution in [1.82, 2.24) is 9.78 Å². The number of benzene rings is 3. The van der Waals surface area contributed by atoms with Gasteiger partial charge in [-0.25, -0.2) is 9.48 Å². The molecule has 3 aromatic carbocycles. The first-order chi connectivity index (χ1) is 17.7. The Morgan fingerprint density at radius 2 is 1.70 bits per heavy atom. The van der Waals surface area contributed by atoms with E-state index in [9.17, 15) is 19.5 Å². The summed E-state index contributed by atoms with van der Waals surface area (Å²) in [6.07, 6.45) is 0.433. The van der Waals surface area contributed by atoms with Crippen molar-refractivity contribution in [3.8, 4) is 17.0 Å². The minimum atomic E-state index is -1.02. The molecular weight excluding hydrogens is 494 g/mol. The first-order valence-corrected chi connectivity index (χ1v) is 11.9. The quantitative estimate of drug-likeness (QED) is 0.265. The molecule has 0 radical (unpaired) electrons. The van der Waals surface area contributed by atoms with E-state index in [0.717, 1.165) is 5.56 Å². The number of nitrogens with zero attached hydrogens (tertiary/aromatic N) is 2. The lowest BCUT2D eigenvalue weighted by molar-refractivity contribution is 0.0696. The van der Waals surface area contributed by atoms with Crippen LogP contribution in [0.15, 0.2) is 83.7 Å². The smallest absolute Gasteiger partial charge is 0.335 e. The summed E-state index contributed by atoms with van der Waals surface area (Å²) in [5.41, 5.74) is 2.08. The van der Waals surface area contributed by atoms with Crippen LogP contribution in [0.3, 0.4) is 0 Å². The molecule has 8 nitrogen and oxygen atoms in total. The van der Waals surface area contributed by atoms with Crippen LogP contribution < -0.4 is 10.9 Å². The Hall–Kier alpha value is -4.43. The van der Waals surface area contributed by atoms with Gasteiger partial charge in [-0.15, -0.1) is 5.10 Å². The molecule has 0 unspecified atom stereocenters. The van der Waals surface area contributed by atoms with Crippen molar-refractivity contribution < 1.29 is 19.8 Å². The Morgan fingerprint density at radius 3 is 2.35 bits per heavy atom. The second-order valence-corrected chi connectivity index (χ2v) is 8.95. The Labute approximate surface area is 217 Å². The number of carbonyl (C=O) groups is 2. The highest BCUT2D eigenvalue weighted by atomic mass is 35.5. The summed E-state index contributed by atoms with van der Waals surface area (Å²) in [5.74, 6) is -1.67. The monoisotopic (exact) mass is 517 g/mol. The second kappa shape index (κ2) is 11.1. The third-order valence-corrected chi connectivity index (χ3v) is 6.16. The molecule has 1 aromatic heterocycles. The molecule has 3 N–H and O–H groups in total. The van der Waals surface area contributed by atoms with Crippen LogP contribution >= 0.6 is 11.6 Å². The van der Waals surface area contributed by atoms with E-state index >= 15 is 0 Å². The van der Waals surface area contributed by atoms with E-state index in [1.165, 1.54) is 35.9 Å². The van der Waals surface area contributed by atoms with Crippen LogP contribution in [0.2, 0.25) is 5.02 Å². The number of hydrogen-bond acceptors (Lipinski definition) is 6. The van der Waals surface area contributed by atoms with Gasteiger partial charge >= 0.3 is 5.97 Å². The molecule has 37 heavy (non-hydrogen) atoms. The fraction of sp³-hybridized carbons (Fsp3) is 0.143. The fourth-order valence-electron chi connectivity index (χ4n) is 4.06. The van der Waals surface area contributed by atoms with Crippen molar-refractivity contribution in [3.05, 3.63) is 111 Å². The zero-order valence-electron chi connectivity index (χ0n) is 19.9. The number of aromatic nitrogens is 2. The number of ketones is 1. The number of aromatic carboxylic acids is 1. The minimum Gasteiger partial charge on any atom is -0.492 e. The Morgan fingerprint density at radius 1 is 1.00 bits per heavy atom. The van der Waals surface area contributed by atoms with Gasteiger partial charge in [0.25, 0.3) is 5.56 Å². The van der Waals surface area contributed by atoms with Crippen molar-refractivity contribution >= 4 is 29.0 Å². The molecule has 9 heteroatoms. The number of carboxylic acids is 1. The van der Waals surface area contributed by atoms with Gasteiger partial charge in [0.15, 0.2) is 5.78 Å². The van der Waals surface area contributed by atoms with Crippen molar-refractivity contribution in [3.63, 3.8) is 0 Å². The Bertz CT molecular complexity index is 1500. The molecule has 4 rings (SSSR count). The Balaban J connectivity index is 1.70. The summed E-state index contributed by atoms with van der Waals surface area (Å²) < 4.78 is 1.21. The lowest BCUT2D eigenvalue weighted by atomic mass is 9.98. The number of halogens is 1. The average molecular weight is 518 g/mol. The van der Waals surface area contributed by atoms with Crippen LogP contribution in [0.5, 0.6) is 5.88 Å². The van der Waals surface area contributed by atoms with Gasteiger partial charge in [0.1, 0.15) is 0 Å². The topological polar surface area (TPSA) is 122 Å². The molecule has 1 heterocycles. The number of aromatic hydroxyl groups is 1. The summed E-state index contributed by atoms with van der Waals surface area (Å²) in [4.78, 5) is 36.5. The van der Waals surface area contributed by atoms with Gasteiger partial charge in [0.05, 0.1) is 17.2 Å². The van der Waals surface area contributed by atoms with E-state index in [-0.39, 0.29) is 23.5 Å². The maximum Gasteiger partial charge on any atom is 0.335 e. The van der Waals surface area contributed by atoms with Crippen molar-refractivity contribution in [2.75, 3.05) is 11.9 Å². The molecular formula is C28H24ClN3O5. The number of hydrogen-bond donors (Lipinski definition) is 3. The summed E-state index contributed by atoms with van der Waals surface area (Å²) in [7, 11) is 0. The van der Waals surface area contributed by atoms with E-state index in [1.54, 1.807) is 24.3 Å². The van der Waals surface area contributed by atoms with Gasteiger partial charge in [-0.1, -0.05) is 41.9 Å². The fourth-order valence-corrected chi connectivity index (χ4v) is 4.24. The molecule has 188 valence electrons. The highest BCUT2D eigenvalue weighted by Crippen LogP contribution is 2.32. The third kappa shape index (κ3) is 6.05. The molecule has 0 aliphatic rings. The SMILES string of the molecule is CC(=O)c1ccc(Cl)cc1-c1cc(=O)n([C@H](CNc2ccc(C(=O)O)cc2)Cc2ccccc2)nc1O. The number of carbonyl (C=O) groups excluding carboxylic acids is 1. The molecule has 0 spiro atoms. The van der Waals surface area contributed by atoms with E-state index in [2.05, 4.69) is 10.4 Å². The van der Waals surface area contributed by atoms with Crippen LogP contribution in [0.1, 0.15) is 39.2 Å². The molecule has 0 saturated heterocycles. The van der Waals surface area contributed by atoms with Gasteiger partial charge in [-0.05, 0) is 66.9 Å². The zero-order chi connectivity index (χ0) is 26.5. The lowest BCUT2D eigenvalue weighted by Gasteiger charge is -2.21. The van der Waals surface area contributed by atoms with Crippen LogP contribution in [0, 0.1) is 0 Å². The standard InChI is InChI=1S/C28H24ClN3O5/c1-17(33)23-12-9-20(29)14-24(23)25-15-26(34)32(31-27(25)35)22(13-18-5-3-2-4-6-18)16-30-21-10-7-19(8-11-21)28(36)37/h2-12,14-15,22,30H,13,16H2,1H3,(H,31,35)(H,36,37)/t22-/m0/s1. The van der Waals surface area contributed by atoms with Gasteiger partial charge in [0, 0.05) is 28.9 Å². The number of nitrogens with one attached hydrogen (secondary N) is 1. The van der Waals surface area contributed by atoms with E-state index in [1.807, 2.05) is 30.3 Å². The molecule has 1 atom stereocenters. The van der Waals surface area contributed by atoms with Crippen molar-refractivity contribution in [2.24, 2.45) is 0 Å². The van der Waals surface area contributed by atoms with Crippen LogP contribution in [-0.2, 0) is 6.42 Å². The van der Waals surface area contributed by atoms with E-state index < -0.39 is 23.5 Å². The van der Waals surface area contributed by atoms with E-state index in [4.69, 9.17) is 16.7 Å². The predicted octanol–water partition coefficient (Wildman–Crippen LogP) is 5.07. The van der Waals surface area contributed by atoms with Crippen LogP contribution in [0.4, 0.5) is 5.69 Å². The highest BCUT2D eigenvalue weighted by molar-refractivity contribution is 6.31. The van der Waals surface area contributed by atoms with Gasteiger partial charge in [0.2, 0.25) is 5.88 Å². The molecule has 0 aliphatic heterocycles. The van der Waals surface area contributed by atoms with Gasteiger partial charge in [-0.3, -0.25) is 9.59 Å². The number of Topliss-reactive ketones (excluding diaryl/α,β-unsaturated/α-hetero) is 1. The molecule has 0 fully saturated rings. The van der Waals surface area contributed by atoms with E-state index in [0.29, 0.717) is 28.3 Å². The number of rotatable bonds is 9. The number of anilines is 1. The average Bonchev–Trinajstić information content (AvgIpc) is 2.88. The highest BCUT2D eigenvalue weighted by Gasteiger charge is 2.21. The maximum atomic E-state index is 13.3. The molecule has 0 bridgehead atoms.